The summed E-state index contributed by atoms with van der Waals surface area (Å²) < 4.78 is 16.5. The van der Waals surface area contributed by atoms with E-state index in [1.54, 1.807) is 6.26 Å². The second-order valence-corrected chi connectivity index (χ2v) is 7.23. The normalized spacial score (nSPS) is 13.8. The molecular weight excluding hydrogens is 396 g/mol. The average molecular weight is 422 g/mol. The third kappa shape index (κ3) is 5.33. The van der Waals surface area contributed by atoms with Crippen LogP contribution in [-0.4, -0.2) is 60.4 Å². The summed E-state index contributed by atoms with van der Waals surface area (Å²) in [5.41, 5.74) is 0.699. The van der Waals surface area contributed by atoms with Gasteiger partial charge < -0.3 is 23.7 Å². The molecule has 0 saturated carbocycles. The lowest BCUT2D eigenvalue weighted by Crippen LogP contribution is -2.50. The van der Waals surface area contributed by atoms with E-state index >= 15 is 0 Å². The fourth-order valence-electron chi connectivity index (χ4n) is 3.32. The minimum absolute atomic E-state index is 0.0206. The third-order valence-electron chi connectivity index (χ3n) is 5.04. The van der Waals surface area contributed by atoms with Gasteiger partial charge in [0.25, 0.3) is 5.91 Å². The van der Waals surface area contributed by atoms with Crippen LogP contribution in [0.3, 0.4) is 0 Å². The monoisotopic (exact) mass is 422 g/mol. The summed E-state index contributed by atoms with van der Waals surface area (Å²) in [7, 11) is 0. The van der Waals surface area contributed by atoms with Crippen molar-refractivity contribution < 1.29 is 18.7 Å². The van der Waals surface area contributed by atoms with Gasteiger partial charge in [0.05, 0.1) is 12.9 Å². The molecule has 1 aromatic carbocycles. The summed E-state index contributed by atoms with van der Waals surface area (Å²) in [6, 6.07) is 14.8. The predicted octanol–water partition coefficient (Wildman–Crippen LogP) is 3.25. The van der Waals surface area contributed by atoms with Crippen molar-refractivity contribution in [1.29, 1.82) is 0 Å². The zero-order valence-corrected chi connectivity index (χ0v) is 17.6. The van der Waals surface area contributed by atoms with E-state index in [0.29, 0.717) is 50.0 Å². The van der Waals surface area contributed by atoms with Gasteiger partial charge in [0.1, 0.15) is 17.2 Å². The Morgan fingerprint density at radius 1 is 0.968 bits per heavy atom. The molecule has 31 heavy (non-hydrogen) atoms. The lowest BCUT2D eigenvalue weighted by molar-refractivity contribution is -0.133. The van der Waals surface area contributed by atoms with Crippen LogP contribution in [0.25, 0.3) is 11.5 Å². The molecule has 2 aromatic heterocycles. The number of ether oxygens (including phenoxy) is 2. The van der Waals surface area contributed by atoms with Crippen molar-refractivity contribution in [3.63, 3.8) is 0 Å². The molecule has 8 nitrogen and oxygen atoms in total. The van der Waals surface area contributed by atoms with Gasteiger partial charge in [0.2, 0.25) is 0 Å². The van der Waals surface area contributed by atoms with Gasteiger partial charge in [-0.05, 0) is 55.0 Å². The fraction of sp³-hybridized carbons (Fsp3) is 0.348. The van der Waals surface area contributed by atoms with Crippen LogP contribution >= 0.6 is 0 Å². The zero-order chi connectivity index (χ0) is 21.5. The van der Waals surface area contributed by atoms with Gasteiger partial charge in [-0.3, -0.25) is 4.79 Å². The Morgan fingerprint density at radius 2 is 1.71 bits per heavy atom. The maximum Gasteiger partial charge on any atom is 0.260 e. The molecule has 0 unspecified atom stereocenters. The molecule has 0 aliphatic carbocycles. The lowest BCUT2D eigenvalue weighted by Gasteiger charge is -2.35. The smallest absolute Gasteiger partial charge is 0.260 e. The third-order valence-corrected chi connectivity index (χ3v) is 5.04. The number of carbonyl (C=O) groups excluding carboxylic acids is 1. The van der Waals surface area contributed by atoms with Crippen molar-refractivity contribution in [2.24, 2.45) is 0 Å². The molecular formula is C23H26N4O4. The van der Waals surface area contributed by atoms with Gasteiger partial charge in [0.15, 0.2) is 18.2 Å². The Kier molecular flexibility index (Phi) is 6.66. The summed E-state index contributed by atoms with van der Waals surface area (Å²) >= 11 is 0. The molecule has 162 valence electrons. The maximum atomic E-state index is 12.5. The van der Waals surface area contributed by atoms with E-state index in [2.05, 4.69) is 22.0 Å². The largest absolute Gasteiger partial charge is 0.494 e. The van der Waals surface area contributed by atoms with Gasteiger partial charge in [-0.25, -0.2) is 0 Å². The number of furan rings is 1. The van der Waals surface area contributed by atoms with E-state index in [-0.39, 0.29) is 12.5 Å². The molecule has 0 radical (unpaired) electrons. The SMILES string of the molecule is CCCOc1ccc(OCC(=O)N2CCN(c3ccc(-c4ccco4)nn3)CC2)cc1. The second kappa shape index (κ2) is 9.97. The lowest BCUT2D eigenvalue weighted by atomic mass is 10.2. The predicted molar refractivity (Wildman–Crippen MR) is 116 cm³/mol. The number of hydrogen-bond acceptors (Lipinski definition) is 7. The van der Waals surface area contributed by atoms with Crippen LogP contribution in [0.15, 0.2) is 59.2 Å². The molecule has 3 aromatic rings. The molecule has 1 aliphatic rings. The number of hydrogen-bond donors (Lipinski definition) is 0. The topological polar surface area (TPSA) is 80.9 Å². The Bertz CT molecular complexity index is 950. The van der Waals surface area contributed by atoms with Crippen molar-refractivity contribution in [2.75, 3.05) is 44.3 Å². The van der Waals surface area contributed by atoms with Crippen molar-refractivity contribution >= 4 is 11.7 Å². The molecule has 1 fully saturated rings. The first-order valence-electron chi connectivity index (χ1n) is 10.5. The number of rotatable bonds is 8. The molecule has 0 bridgehead atoms. The van der Waals surface area contributed by atoms with Gasteiger partial charge >= 0.3 is 0 Å². The van der Waals surface area contributed by atoms with Crippen molar-refractivity contribution in [1.82, 2.24) is 15.1 Å². The van der Waals surface area contributed by atoms with E-state index in [9.17, 15) is 4.79 Å². The number of amides is 1. The summed E-state index contributed by atoms with van der Waals surface area (Å²) in [4.78, 5) is 16.5. The van der Waals surface area contributed by atoms with Crippen LogP contribution in [0.1, 0.15) is 13.3 Å². The molecule has 0 spiro atoms. The highest BCUT2D eigenvalue weighted by molar-refractivity contribution is 5.78. The highest BCUT2D eigenvalue weighted by Gasteiger charge is 2.22. The highest BCUT2D eigenvalue weighted by atomic mass is 16.5. The van der Waals surface area contributed by atoms with Crippen molar-refractivity contribution in [2.45, 2.75) is 13.3 Å². The average Bonchev–Trinajstić information content (AvgIpc) is 3.37. The van der Waals surface area contributed by atoms with Crippen LogP contribution in [0.4, 0.5) is 5.82 Å². The van der Waals surface area contributed by atoms with E-state index in [1.807, 2.05) is 53.4 Å². The van der Waals surface area contributed by atoms with Gasteiger partial charge in [-0.2, -0.15) is 0 Å². The number of nitrogens with zero attached hydrogens (tertiary/aromatic N) is 4. The summed E-state index contributed by atoms with van der Waals surface area (Å²) in [6.45, 7) is 5.40. The van der Waals surface area contributed by atoms with Crippen LogP contribution in [-0.2, 0) is 4.79 Å². The summed E-state index contributed by atoms with van der Waals surface area (Å²) in [6.07, 6.45) is 2.57. The number of aromatic nitrogens is 2. The second-order valence-electron chi connectivity index (χ2n) is 7.23. The van der Waals surface area contributed by atoms with E-state index in [0.717, 1.165) is 18.0 Å². The molecule has 0 N–H and O–H groups in total. The fourth-order valence-corrected chi connectivity index (χ4v) is 3.32. The quantitative estimate of drug-likeness (QED) is 0.551. The van der Waals surface area contributed by atoms with Crippen LogP contribution in [0.2, 0.25) is 0 Å². The first-order valence-corrected chi connectivity index (χ1v) is 10.5. The molecule has 8 heteroatoms. The number of piperazine rings is 1. The molecule has 3 heterocycles. The Hall–Kier alpha value is -3.55. The summed E-state index contributed by atoms with van der Waals surface area (Å²) in [5, 5.41) is 8.55. The van der Waals surface area contributed by atoms with Gasteiger partial charge in [-0.15, -0.1) is 10.2 Å². The van der Waals surface area contributed by atoms with E-state index < -0.39 is 0 Å². The molecule has 1 aliphatic heterocycles. The summed E-state index contributed by atoms with van der Waals surface area (Å²) in [5.74, 6) is 2.92. The van der Waals surface area contributed by atoms with Crippen LogP contribution in [0, 0.1) is 0 Å². The number of carbonyl (C=O) groups is 1. The minimum Gasteiger partial charge on any atom is -0.494 e. The molecule has 4 rings (SSSR count). The minimum atomic E-state index is -0.0230. The molecule has 1 amide bonds. The molecule has 1 saturated heterocycles. The van der Waals surface area contributed by atoms with E-state index in [1.165, 1.54) is 0 Å². The number of benzene rings is 1. The first-order chi connectivity index (χ1) is 15.2. The van der Waals surface area contributed by atoms with Crippen LogP contribution in [0.5, 0.6) is 11.5 Å². The van der Waals surface area contributed by atoms with Gasteiger partial charge in [0, 0.05) is 26.2 Å². The highest BCUT2D eigenvalue weighted by Crippen LogP contribution is 2.20. The zero-order valence-electron chi connectivity index (χ0n) is 17.6. The van der Waals surface area contributed by atoms with Crippen molar-refractivity contribution in [3.8, 4) is 23.0 Å². The first kappa shape index (κ1) is 20.7. The number of anilines is 1. The maximum absolute atomic E-state index is 12.5. The Labute approximate surface area is 181 Å². The Morgan fingerprint density at radius 3 is 2.32 bits per heavy atom. The Balaban J connectivity index is 1.23. The van der Waals surface area contributed by atoms with E-state index in [4.69, 9.17) is 13.9 Å². The van der Waals surface area contributed by atoms with Crippen LogP contribution < -0.4 is 14.4 Å². The standard InChI is InChI=1S/C23H26N4O4/c1-2-15-29-18-5-7-19(8-6-18)31-17-23(28)27-13-11-26(12-14-27)22-10-9-20(24-25-22)21-4-3-16-30-21/h3-10,16H,2,11-15,17H2,1H3. The van der Waals surface area contributed by atoms with Gasteiger partial charge in [-0.1, -0.05) is 6.92 Å². The van der Waals surface area contributed by atoms with Crippen molar-refractivity contribution in [3.05, 3.63) is 54.8 Å². The molecule has 0 atom stereocenters.